The normalized spacial score (nSPS) is 11.0. The Morgan fingerprint density at radius 3 is 2.14 bits per heavy atom. The monoisotopic (exact) mass is 216 g/mol. The fourth-order valence-corrected chi connectivity index (χ4v) is 1.41. The fraction of sp³-hybridized carbons (Fsp3) is 0.750. The molecule has 0 heterocycles. The Morgan fingerprint density at radius 1 is 1.07 bits per heavy atom. The number of halogens is 1. The van der Waals surface area contributed by atoms with E-state index in [-0.39, 0.29) is 5.24 Å². The standard InChI is InChI=1S/C12H21ClO/c1-2-3-4-5-6-7-8-9-10-11-12(13)14/h6-7H,2-5,8-11H2,1H3/b7-6+. The molecule has 0 radical (unpaired) electrons. The number of hydrogen-bond donors (Lipinski definition) is 0. The lowest BCUT2D eigenvalue weighted by atomic mass is 10.1. The van der Waals surface area contributed by atoms with Gasteiger partial charge in [-0.15, -0.1) is 0 Å². The number of allylic oxidation sites excluding steroid dienone is 2. The molecule has 0 aromatic carbocycles. The summed E-state index contributed by atoms with van der Waals surface area (Å²) >= 11 is 5.22. The van der Waals surface area contributed by atoms with Gasteiger partial charge in [-0.2, -0.15) is 0 Å². The van der Waals surface area contributed by atoms with Crippen molar-refractivity contribution in [2.24, 2.45) is 0 Å². The maximum absolute atomic E-state index is 10.4. The first-order chi connectivity index (χ1) is 6.77. The van der Waals surface area contributed by atoms with Crippen molar-refractivity contribution < 1.29 is 4.79 Å². The number of hydrogen-bond acceptors (Lipinski definition) is 1. The molecule has 0 fully saturated rings. The van der Waals surface area contributed by atoms with Crippen LogP contribution in [0.3, 0.4) is 0 Å². The lowest BCUT2D eigenvalue weighted by Gasteiger charge is -1.94. The summed E-state index contributed by atoms with van der Waals surface area (Å²) in [5.41, 5.74) is 0. The Kier molecular flexibility index (Phi) is 10.5. The van der Waals surface area contributed by atoms with Crippen molar-refractivity contribution >= 4 is 16.8 Å². The average Bonchev–Trinajstić information content (AvgIpc) is 2.15. The summed E-state index contributed by atoms with van der Waals surface area (Å²) in [5.74, 6) is 0. The minimum Gasteiger partial charge on any atom is -0.281 e. The first kappa shape index (κ1) is 13.7. The summed E-state index contributed by atoms with van der Waals surface area (Å²) in [6.07, 6.45) is 13.2. The van der Waals surface area contributed by atoms with Crippen LogP contribution >= 0.6 is 11.6 Å². The zero-order chi connectivity index (χ0) is 10.6. The number of unbranched alkanes of at least 4 members (excludes halogenated alkanes) is 5. The van der Waals surface area contributed by atoms with Crippen molar-refractivity contribution in [3.63, 3.8) is 0 Å². The van der Waals surface area contributed by atoms with Crippen molar-refractivity contribution in [3.8, 4) is 0 Å². The molecule has 0 N–H and O–H groups in total. The van der Waals surface area contributed by atoms with Crippen molar-refractivity contribution in [2.45, 2.75) is 58.3 Å². The van der Waals surface area contributed by atoms with Crippen LogP contribution in [0.2, 0.25) is 0 Å². The van der Waals surface area contributed by atoms with E-state index in [9.17, 15) is 4.79 Å². The molecule has 1 nitrogen and oxygen atoms in total. The third-order valence-corrected chi connectivity index (χ3v) is 2.32. The molecular weight excluding hydrogens is 196 g/mol. The van der Waals surface area contributed by atoms with Crippen molar-refractivity contribution in [1.29, 1.82) is 0 Å². The van der Waals surface area contributed by atoms with Gasteiger partial charge in [0.2, 0.25) is 5.24 Å². The summed E-state index contributed by atoms with van der Waals surface area (Å²) in [5, 5.41) is -0.211. The quantitative estimate of drug-likeness (QED) is 0.316. The average molecular weight is 217 g/mol. The van der Waals surface area contributed by atoms with Crippen LogP contribution in [-0.4, -0.2) is 5.24 Å². The molecule has 0 amide bonds. The number of carbonyl (C=O) groups is 1. The van der Waals surface area contributed by atoms with Gasteiger partial charge in [0.05, 0.1) is 0 Å². The molecule has 0 bridgehead atoms. The van der Waals surface area contributed by atoms with Crippen molar-refractivity contribution in [2.75, 3.05) is 0 Å². The van der Waals surface area contributed by atoms with Crippen LogP contribution < -0.4 is 0 Å². The van der Waals surface area contributed by atoms with E-state index in [0.717, 1.165) is 19.3 Å². The maximum Gasteiger partial charge on any atom is 0.221 e. The van der Waals surface area contributed by atoms with Gasteiger partial charge in [0.15, 0.2) is 0 Å². The van der Waals surface area contributed by atoms with Crippen LogP contribution in [0.1, 0.15) is 58.3 Å². The smallest absolute Gasteiger partial charge is 0.221 e. The van der Waals surface area contributed by atoms with Gasteiger partial charge in [-0.3, -0.25) is 4.79 Å². The third kappa shape index (κ3) is 11.7. The zero-order valence-corrected chi connectivity index (χ0v) is 9.85. The Bertz CT molecular complexity index is 164. The molecule has 0 spiro atoms. The molecule has 0 aliphatic rings. The zero-order valence-electron chi connectivity index (χ0n) is 9.10. The van der Waals surface area contributed by atoms with Crippen LogP contribution in [0.15, 0.2) is 12.2 Å². The summed E-state index contributed by atoms with van der Waals surface area (Å²) in [6.45, 7) is 2.22. The van der Waals surface area contributed by atoms with E-state index in [1.54, 1.807) is 0 Å². The molecule has 0 rings (SSSR count). The van der Waals surface area contributed by atoms with E-state index in [4.69, 9.17) is 11.6 Å². The predicted octanol–water partition coefficient (Wildman–Crippen LogP) is 4.45. The summed E-state index contributed by atoms with van der Waals surface area (Å²) in [6, 6.07) is 0. The second kappa shape index (κ2) is 10.8. The topological polar surface area (TPSA) is 17.1 Å². The van der Waals surface area contributed by atoms with Crippen LogP contribution in [0.4, 0.5) is 0 Å². The highest BCUT2D eigenvalue weighted by Crippen LogP contribution is 2.05. The summed E-state index contributed by atoms with van der Waals surface area (Å²) in [7, 11) is 0. The molecule has 0 aliphatic heterocycles. The molecule has 0 aromatic heterocycles. The summed E-state index contributed by atoms with van der Waals surface area (Å²) in [4.78, 5) is 10.4. The fourth-order valence-electron chi connectivity index (χ4n) is 1.27. The van der Waals surface area contributed by atoms with E-state index in [1.165, 1.54) is 25.7 Å². The van der Waals surface area contributed by atoms with E-state index < -0.39 is 0 Å². The van der Waals surface area contributed by atoms with Crippen molar-refractivity contribution in [3.05, 3.63) is 12.2 Å². The Hall–Kier alpha value is -0.300. The van der Waals surface area contributed by atoms with Crippen molar-refractivity contribution in [1.82, 2.24) is 0 Å². The van der Waals surface area contributed by atoms with E-state index in [1.807, 2.05) is 0 Å². The van der Waals surface area contributed by atoms with Gasteiger partial charge in [-0.25, -0.2) is 0 Å². The van der Waals surface area contributed by atoms with Gasteiger partial charge in [0.1, 0.15) is 0 Å². The van der Waals surface area contributed by atoms with Crippen LogP contribution in [0.5, 0.6) is 0 Å². The second-order valence-electron chi connectivity index (χ2n) is 3.57. The van der Waals surface area contributed by atoms with E-state index in [2.05, 4.69) is 19.1 Å². The van der Waals surface area contributed by atoms with E-state index >= 15 is 0 Å². The van der Waals surface area contributed by atoms with Gasteiger partial charge >= 0.3 is 0 Å². The van der Waals surface area contributed by atoms with Gasteiger partial charge < -0.3 is 0 Å². The van der Waals surface area contributed by atoms with E-state index in [0.29, 0.717) is 6.42 Å². The lowest BCUT2D eigenvalue weighted by molar-refractivity contribution is -0.111. The minimum absolute atomic E-state index is 0.211. The Labute approximate surface area is 92.5 Å². The highest BCUT2D eigenvalue weighted by Gasteiger charge is 1.93. The van der Waals surface area contributed by atoms with Gasteiger partial charge in [0.25, 0.3) is 0 Å². The highest BCUT2D eigenvalue weighted by molar-refractivity contribution is 6.63. The lowest BCUT2D eigenvalue weighted by Crippen LogP contribution is -1.84. The molecule has 0 atom stereocenters. The number of rotatable bonds is 9. The van der Waals surface area contributed by atoms with Crippen LogP contribution in [-0.2, 0) is 4.79 Å². The molecular formula is C12H21ClO. The van der Waals surface area contributed by atoms with Gasteiger partial charge in [-0.1, -0.05) is 31.9 Å². The molecule has 0 aliphatic carbocycles. The second-order valence-corrected chi connectivity index (χ2v) is 3.99. The third-order valence-electron chi connectivity index (χ3n) is 2.14. The Morgan fingerprint density at radius 2 is 1.64 bits per heavy atom. The molecule has 0 saturated carbocycles. The molecule has 14 heavy (non-hydrogen) atoms. The molecule has 0 aromatic rings. The molecule has 0 saturated heterocycles. The molecule has 82 valence electrons. The maximum atomic E-state index is 10.4. The van der Waals surface area contributed by atoms with Gasteiger partial charge in [0, 0.05) is 6.42 Å². The van der Waals surface area contributed by atoms with Crippen LogP contribution in [0.25, 0.3) is 0 Å². The minimum atomic E-state index is -0.211. The predicted molar refractivity (Wildman–Crippen MR) is 62.6 cm³/mol. The SMILES string of the molecule is CCCCC/C=C/CCCCC(=O)Cl. The summed E-state index contributed by atoms with van der Waals surface area (Å²) < 4.78 is 0. The molecule has 0 unspecified atom stereocenters. The first-order valence-electron chi connectivity index (χ1n) is 5.60. The Balaban J connectivity index is 3.07. The van der Waals surface area contributed by atoms with Gasteiger partial charge in [-0.05, 0) is 43.7 Å². The highest BCUT2D eigenvalue weighted by atomic mass is 35.5. The van der Waals surface area contributed by atoms with Crippen LogP contribution in [0, 0.1) is 0 Å². The largest absolute Gasteiger partial charge is 0.281 e. The molecule has 2 heteroatoms. The first-order valence-corrected chi connectivity index (χ1v) is 5.98. The number of carbonyl (C=O) groups excluding carboxylic acids is 1.